The van der Waals surface area contributed by atoms with Gasteiger partial charge in [0.2, 0.25) is 5.91 Å². The number of cyclic esters (lactones) is 1. The number of hydrogen-bond acceptors (Lipinski definition) is 5. The molecule has 0 aromatic heterocycles. The van der Waals surface area contributed by atoms with E-state index in [1.54, 1.807) is 0 Å². The topological polar surface area (TPSA) is 87.2 Å². The van der Waals surface area contributed by atoms with E-state index < -0.39 is 35.8 Å². The van der Waals surface area contributed by atoms with Crippen LogP contribution < -0.4 is 0 Å². The van der Waals surface area contributed by atoms with Gasteiger partial charge in [-0.3, -0.25) is 14.5 Å². The molecule has 2 aliphatic heterocycles. The van der Waals surface area contributed by atoms with Crippen molar-refractivity contribution < 1.29 is 24.2 Å². The summed E-state index contributed by atoms with van der Waals surface area (Å²) >= 11 is 0. The van der Waals surface area contributed by atoms with Crippen LogP contribution in [0.15, 0.2) is 60.7 Å². The lowest BCUT2D eigenvalue weighted by Crippen LogP contribution is -2.46. The summed E-state index contributed by atoms with van der Waals surface area (Å²) < 4.78 is 5.15. The Morgan fingerprint density at radius 3 is 2.17 bits per heavy atom. The number of imide groups is 1. The van der Waals surface area contributed by atoms with Gasteiger partial charge >= 0.3 is 12.1 Å². The Morgan fingerprint density at radius 1 is 0.933 bits per heavy atom. The summed E-state index contributed by atoms with van der Waals surface area (Å²) in [6.45, 7) is 1.25. The predicted molar refractivity (Wildman–Crippen MR) is 108 cm³/mol. The summed E-state index contributed by atoms with van der Waals surface area (Å²) in [6.07, 6.45) is -0.206. The number of benzene rings is 2. The molecule has 2 aromatic rings. The number of carbonyl (C=O) groups is 3. The lowest BCUT2D eigenvalue weighted by Gasteiger charge is -2.24. The van der Waals surface area contributed by atoms with Gasteiger partial charge in [-0.1, -0.05) is 60.7 Å². The van der Waals surface area contributed by atoms with Crippen LogP contribution in [0.2, 0.25) is 0 Å². The molecule has 0 radical (unpaired) electrons. The fraction of sp³-hybridized carbons (Fsp3) is 0.348. The van der Waals surface area contributed by atoms with E-state index in [4.69, 9.17) is 4.74 Å². The van der Waals surface area contributed by atoms with Crippen molar-refractivity contribution in [2.45, 2.75) is 19.0 Å². The monoisotopic (exact) mass is 408 g/mol. The van der Waals surface area contributed by atoms with E-state index in [2.05, 4.69) is 0 Å². The number of aliphatic carboxylic acids is 1. The number of hydrogen-bond donors (Lipinski definition) is 1. The summed E-state index contributed by atoms with van der Waals surface area (Å²) in [5, 5.41) is 9.71. The van der Waals surface area contributed by atoms with Crippen molar-refractivity contribution in [1.82, 2.24) is 9.80 Å². The maximum atomic E-state index is 13.3. The molecule has 156 valence electrons. The van der Waals surface area contributed by atoms with Crippen molar-refractivity contribution in [3.63, 3.8) is 0 Å². The highest BCUT2D eigenvalue weighted by Crippen LogP contribution is 2.30. The van der Waals surface area contributed by atoms with Crippen molar-refractivity contribution in [3.05, 3.63) is 71.8 Å². The fourth-order valence-corrected chi connectivity index (χ4v) is 4.30. The van der Waals surface area contributed by atoms with Crippen molar-refractivity contribution in [2.24, 2.45) is 11.8 Å². The molecule has 3 unspecified atom stereocenters. The molecule has 30 heavy (non-hydrogen) atoms. The van der Waals surface area contributed by atoms with E-state index in [1.165, 1.54) is 0 Å². The van der Waals surface area contributed by atoms with Gasteiger partial charge in [-0.25, -0.2) is 9.69 Å². The zero-order valence-electron chi connectivity index (χ0n) is 16.5. The molecule has 0 saturated carbocycles. The predicted octanol–water partition coefficient (Wildman–Crippen LogP) is 2.41. The molecule has 2 fully saturated rings. The summed E-state index contributed by atoms with van der Waals surface area (Å²) in [5.41, 5.74) is 2.04. The number of likely N-dealkylation sites (tertiary alicyclic amines) is 1. The molecule has 2 aliphatic rings. The van der Waals surface area contributed by atoms with Crippen LogP contribution in [-0.2, 0) is 27.3 Å². The summed E-state index contributed by atoms with van der Waals surface area (Å²) in [5.74, 6) is -3.11. The van der Waals surface area contributed by atoms with E-state index >= 15 is 0 Å². The highest BCUT2D eigenvalue weighted by Gasteiger charge is 2.48. The van der Waals surface area contributed by atoms with Gasteiger partial charge in [-0.2, -0.15) is 0 Å². The molecule has 0 aliphatic carbocycles. The maximum absolute atomic E-state index is 13.3. The minimum Gasteiger partial charge on any atom is -0.481 e. The van der Waals surface area contributed by atoms with Gasteiger partial charge in [0.15, 0.2) is 0 Å². The van der Waals surface area contributed by atoms with Gasteiger partial charge in [0, 0.05) is 19.6 Å². The Labute approximate surface area is 174 Å². The highest BCUT2D eigenvalue weighted by molar-refractivity contribution is 5.97. The van der Waals surface area contributed by atoms with Crippen LogP contribution in [0, 0.1) is 11.8 Å². The van der Waals surface area contributed by atoms with Crippen LogP contribution in [-0.4, -0.2) is 58.6 Å². The van der Waals surface area contributed by atoms with Gasteiger partial charge in [-0.05, 0) is 17.5 Å². The third-order valence-corrected chi connectivity index (χ3v) is 5.79. The number of carbonyl (C=O) groups excluding carboxylic acids is 2. The standard InChI is InChI=1S/C23H24N2O5/c26-21(25-18(15-30-23(25)29)11-16-7-3-1-4-8-16)19-13-24(14-20(19)22(27)28)12-17-9-5-2-6-10-17/h1-10,18-20H,11-15H2,(H,27,28). The van der Waals surface area contributed by atoms with Crippen LogP contribution >= 0.6 is 0 Å². The first kappa shape index (κ1) is 20.1. The smallest absolute Gasteiger partial charge is 0.416 e. The molecule has 0 spiro atoms. The Morgan fingerprint density at radius 2 is 1.53 bits per heavy atom. The average Bonchev–Trinajstić information content (AvgIpc) is 3.33. The molecule has 2 amide bonds. The fourth-order valence-electron chi connectivity index (χ4n) is 4.30. The van der Waals surface area contributed by atoms with Crippen molar-refractivity contribution >= 4 is 18.0 Å². The molecule has 2 saturated heterocycles. The van der Waals surface area contributed by atoms with Gasteiger partial charge in [0.1, 0.15) is 6.61 Å². The first-order chi connectivity index (χ1) is 14.5. The Kier molecular flexibility index (Phi) is 5.81. The second-order valence-electron chi connectivity index (χ2n) is 7.86. The largest absolute Gasteiger partial charge is 0.481 e. The van der Waals surface area contributed by atoms with Gasteiger partial charge in [-0.15, -0.1) is 0 Å². The number of carboxylic acid groups (broad SMARTS) is 1. The lowest BCUT2D eigenvalue weighted by atomic mass is 9.94. The minimum atomic E-state index is -1.02. The first-order valence-electron chi connectivity index (χ1n) is 10.1. The van der Waals surface area contributed by atoms with E-state index in [-0.39, 0.29) is 13.2 Å². The summed E-state index contributed by atoms with van der Waals surface area (Å²) in [6, 6.07) is 18.9. The Hall–Kier alpha value is -3.19. The number of rotatable bonds is 6. The van der Waals surface area contributed by atoms with Crippen LogP contribution in [0.1, 0.15) is 11.1 Å². The minimum absolute atomic E-state index is 0.123. The number of nitrogens with zero attached hydrogens (tertiary/aromatic N) is 2. The molecule has 0 bridgehead atoms. The van der Waals surface area contributed by atoms with Gasteiger partial charge in [0.25, 0.3) is 0 Å². The molecule has 2 aromatic carbocycles. The molecular weight excluding hydrogens is 384 g/mol. The normalized spacial score (nSPS) is 24.1. The maximum Gasteiger partial charge on any atom is 0.416 e. The Balaban J connectivity index is 1.50. The van der Waals surface area contributed by atoms with Crippen molar-refractivity contribution in [3.8, 4) is 0 Å². The van der Waals surface area contributed by atoms with Crippen LogP contribution in [0.3, 0.4) is 0 Å². The van der Waals surface area contributed by atoms with Crippen molar-refractivity contribution in [1.29, 1.82) is 0 Å². The van der Waals surface area contributed by atoms with E-state index in [1.807, 2.05) is 65.6 Å². The third kappa shape index (κ3) is 4.21. The molecular formula is C23H24N2O5. The first-order valence-corrected chi connectivity index (χ1v) is 10.1. The zero-order chi connectivity index (χ0) is 21.1. The molecule has 7 heteroatoms. The second-order valence-corrected chi connectivity index (χ2v) is 7.86. The number of carboxylic acids is 1. The molecule has 1 N–H and O–H groups in total. The highest BCUT2D eigenvalue weighted by atomic mass is 16.6. The zero-order valence-corrected chi connectivity index (χ0v) is 16.5. The summed E-state index contributed by atoms with van der Waals surface area (Å²) in [4.78, 5) is 40.6. The summed E-state index contributed by atoms with van der Waals surface area (Å²) in [7, 11) is 0. The quantitative estimate of drug-likeness (QED) is 0.790. The van der Waals surface area contributed by atoms with E-state index in [9.17, 15) is 19.5 Å². The lowest BCUT2D eigenvalue weighted by molar-refractivity contribution is -0.147. The number of ether oxygens (including phenoxy) is 1. The van der Waals surface area contributed by atoms with Gasteiger partial charge in [0.05, 0.1) is 17.9 Å². The average molecular weight is 408 g/mol. The molecule has 4 rings (SSSR count). The Bertz CT molecular complexity index is 918. The third-order valence-electron chi connectivity index (χ3n) is 5.79. The van der Waals surface area contributed by atoms with Crippen molar-refractivity contribution in [2.75, 3.05) is 19.7 Å². The van der Waals surface area contributed by atoms with Crippen LogP contribution in [0.4, 0.5) is 4.79 Å². The molecule has 3 atom stereocenters. The van der Waals surface area contributed by atoms with Gasteiger partial charge < -0.3 is 9.84 Å². The van der Waals surface area contributed by atoms with E-state index in [0.29, 0.717) is 19.5 Å². The number of amides is 2. The molecule has 2 heterocycles. The molecule has 7 nitrogen and oxygen atoms in total. The SMILES string of the molecule is O=C(O)C1CN(Cc2ccccc2)CC1C(=O)N1C(=O)OCC1Cc1ccccc1. The van der Waals surface area contributed by atoms with E-state index in [0.717, 1.165) is 16.0 Å². The van der Waals surface area contributed by atoms with Crippen LogP contribution in [0.5, 0.6) is 0 Å². The second kappa shape index (κ2) is 8.67. The van der Waals surface area contributed by atoms with Crippen LogP contribution in [0.25, 0.3) is 0 Å².